The molecule has 6 heteroatoms. The molecular weight excluding hydrogens is 432 g/mol. The number of ether oxygens (including phenoxy) is 2. The third kappa shape index (κ3) is 6.42. The first kappa shape index (κ1) is 26.3. The number of benzene rings is 2. The van der Waals surface area contributed by atoms with Gasteiger partial charge in [-0.25, -0.2) is 0 Å². The highest BCUT2D eigenvalue weighted by molar-refractivity contribution is 5.26. The fourth-order valence-corrected chi connectivity index (χ4v) is 4.51. The SMILES string of the molecule is OCCO[C@]1([C@H](O)c2ccccc2)C=CCC1.OCCO[C@]1([C@H](O)c2ccccc2)C=CCC1. The van der Waals surface area contributed by atoms with Gasteiger partial charge in [-0.2, -0.15) is 0 Å². The Kier molecular flexibility index (Phi) is 10.0. The maximum atomic E-state index is 10.4. The minimum absolute atomic E-state index is 0.0307. The lowest BCUT2D eigenvalue weighted by Gasteiger charge is -2.33. The molecule has 0 aliphatic heterocycles. The van der Waals surface area contributed by atoms with Crippen molar-refractivity contribution in [3.63, 3.8) is 0 Å². The molecule has 0 unspecified atom stereocenters. The van der Waals surface area contributed by atoms with E-state index in [0.717, 1.165) is 36.8 Å². The Bertz CT molecular complexity index is 824. The Morgan fingerprint density at radius 1 is 0.647 bits per heavy atom. The Morgan fingerprint density at radius 3 is 1.32 bits per heavy atom. The van der Waals surface area contributed by atoms with Gasteiger partial charge in [-0.3, -0.25) is 0 Å². The lowest BCUT2D eigenvalue weighted by Crippen LogP contribution is -2.36. The second-order valence-electron chi connectivity index (χ2n) is 8.56. The molecule has 0 heterocycles. The maximum absolute atomic E-state index is 10.4. The molecule has 184 valence electrons. The molecule has 0 bridgehead atoms. The van der Waals surface area contributed by atoms with Gasteiger partial charge in [0.25, 0.3) is 0 Å². The van der Waals surface area contributed by atoms with Crippen LogP contribution in [-0.4, -0.2) is 58.1 Å². The molecule has 6 nitrogen and oxygen atoms in total. The van der Waals surface area contributed by atoms with E-state index in [2.05, 4.69) is 0 Å². The Hall–Kier alpha value is -2.32. The van der Waals surface area contributed by atoms with Crippen molar-refractivity contribution in [1.29, 1.82) is 0 Å². The summed E-state index contributed by atoms with van der Waals surface area (Å²) >= 11 is 0. The van der Waals surface area contributed by atoms with Gasteiger partial charge in [0.15, 0.2) is 0 Å². The topological polar surface area (TPSA) is 99.4 Å². The molecule has 0 fully saturated rings. The Balaban J connectivity index is 0.000000191. The summed E-state index contributed by atoms with van der Waals surface area (Å²) in [5.74, 6) is 0. The summed E-state index contributed by atoms with van der Waals surface area (Å²) in [5, 5.41) is 38.6. The number of aliphatic hydroxyl groups excluding tert-OH is 4. The zero-order valence-electron chi connectivity index (χ0n) is 19.5. The normalized spacial score (nSPS) is 25.1. The first-order valence-electron chi connectivity index (χ1n) is 11.9. The van der Waals surface area contributed by atoms with Gasteiger partial charge in [-0.05, 0) is 36.8 Å². The molecular formula is C28H36O6. The lowest BCUT2D eigenvalue weighted by atomic mass is 9.90. The number of rotatable bonds is 10. The molecule has 0 amide bonds. The molecule has 0 aromatic heterocycles. The van der Waals surface area contributed by atoms with E-state index in [4.69, 9.17) is 19.7 Å². The van der Waals surface area contributed by atoms with Crippen molar-refractivity contribution in [2.24, 2.45) is 0 Å². The fourth-order valence-electron chi connectivity index (χ4n) is 4.51. The van der Waals surface area contributed by atoms with E-state index in [-0.39, 0.29) is 26.4 Å². The average molecular weight is 469 g/mol. The molecule has 0 saturated heterocycles. The lowest BCUT2D eigenvalue weighted by molar-refractivity contribution is -0.101. The summed E-state index contributed by atoms with van der Waals surface area (Å²) in [4.78, 5) is 0. The van der Waals surface area contributed by atoms with Crippen molar-refractivity contribution in [3.8, 4) is 0 Å². The van der Waals surface area contributed by atoms with Crippen molar-refractivity contribution in [2.45, 2.75) is 49.1 Å². The minimum Gasteiger partial charge on any atom is -0.394 e. The Labute approximate surface area is 201 Å². The Morgan fingerprint density at radius 2 is 1.03 bits per heavy atom. The van der Waals surface area contributed by atoms with Gasteiger partial charge in [-0.1, -0.05) is 85.0 Å². The summed E-state index contributed by atoms with van der Waals surface area (Å²) < 4.78 is 11.3. The molecule has 2 aliphatic carbocycles. The first-order valence-corrected chi connectivity index (χ1v) is 11.9. The molecule has 4 rings (SSSR count). The van der Waals surface area contributed by atoms with Gasteiger partial charge in [0.05, 0.1) is 26.4 Å². The van der Waals surface area contributed by atoms with Gasteiger partial charge in [0.1, 0.15) is 23.4 Å². The maximum Gasteiger partial charge on any atom is 0.117 e. The third-order valence-corrected chi connectivity index (χ3v) is 6.28. The van der Waals surface area contributed by atoms with Crippen LogP contribution in [0, 0.1) is 0 Å². The van der Waals surface area contributed by atoms with Crippen molar-refractivity contribution in [2.75, 3.05) is 26.4 Å². The smallest absolute Gasteiger partial charge is 0.117 e. The van der Waals surface area contributed by atoms with E-state index in [1.54, 1.807) is 0 Å². The molecule has 0 radical (unpaired) electrons. The summed E-state index contributed by atoms with van der Waals surface area (Å²) in [7, 11) is 0. The highest BCUT2D eigenvalue weighted by atomic mass is 16.5. The summed E-state index contributed by atoms with van der Waals surface area (Å²) in [5.41, 5.74) is 0.336. The highest BCUT2D eigenvalue weighted by Crippen LogP contribution is 2.39. The van der Waals surface area contributed by atoms with Crippen LogP contribution in [0.25, 0.3) is 0 Å². The van der Waals surface area contributed by atoms with E-state index < -0.39 is 23.4 Å². The van der Waals surface area contributed by atoms with Gasteiger partial charge in [0.2, 0.25) is 0 Å². The van der Waals surface area contributed by atoms with Crippen LogP contribution >= 0.6 is 0 Å². The monoisotopic (exact) mass is 468 g/mol. The minimum atomic E-state index is -0.686. The van der Waals surface area contributed by atoms with Crippen LogP contribution in [0.3, 0.4) is 0 Å². The third-order valence-electron chi connectivity index (χ3n) is 6.28. The van der Waals surface area contributed by atoms with Crippen molar-refractivity contribution in [1.82, 2.24) is 0 Å². The van der Waals surface area contributed by atoms with Gasteiger partial charge in [0, 0.05) is 0 Å². The fraction of sp³-hybridized carbons (Fsp3) is 0.429. The van der Waals surface area contributed by atoms with Gasteiger partial charge in [-0.15, -0.1) is 0 Å². The zero-order valence-corrected chi connectivity index (χ0v) is 19.5. The molecule has 2 aromatic rings. The number of hydrogen-bond acceptors (Lipinski definition) is 6. The highest BCUT2D eigenvalue weighted by Gasteiger charge is 2.40. The van der Waals surface area contributed by atoms with Crippen LogP contribution in [0.15, 0.2) is 85.0 Å². The van der Waals surface area contributed by atoms with E-state index in [1.165, 1.54) is 0 Å². The second kappa shape index (κ2) is 13.0. The van der Waals surface area contributed by atoms with Crippen LogP contribution in [0.5, 0.6) is 0 Å². The standard InChI is InChI=1S/2C14H18O3/c2*15-10-11-17-14(8-4-5-9-14)13(16)12-6-2-1-3-7-12/h2*1-4,6-8,13,15-16H,5,9-11H2/t2*13-,14-/m11/s1. The first-order chi connectivity index (χ1) is 16.6. The number of aliphatic hydroxyl groups is 4. The van der Waals surface area contributed by atoms with E-state index >= 15 is 0 Å². The van der Waals surface area contributed by atoms with E-state index in [0.29, 0.717) is 0 Å². The van der Waals surface area contributed by atoms with Gasteiger partial charge < -0.3 is 29.9 Å². The second-order valence-corrected chi connectivity index (χ2v) is 8.56. The van der Waals surface area contributed by atoms with Crippen LogP contribution in [0.4, 0.5) is 0 Å². The predicted molar refractivity (Wildman–Crippen MR) is 131 cm³/mol. The summed E-state index contributed by atoms with van der Waals surface area (Å²) in [6.45, 7) is 0.427. The molecule has 4 N–H and O–H groups in total. The van der Waals surface area contributed by atoms with Crippen LogP contribution in [0.2, 0.25) is 0 Å². The van der Waals surface area contributed by atoms with Crippen LogP contribution in [0.1, 0.15) is 49.0 Å². The van der Waals surface area contributed by atoms with Gasteiger partial charge >= 0.3 is 0 Å². The van der Waals surface area contributed by atoms with Crippen molar-refractivity contribution in [3.05, 3.63) is 96.1 Å². The average Bonchev–Trinajstić information content (AvgIpc) is 3.58. The quantitative estimate of drug-likeness (QED) is 0.398. The predicted octanol–water partition coefficient (Wildman–Crippen LogP) is 3.64. The number of hydrogen-bond donors (Lipinski definition) is 4. The van der Waals surface area contributed by atoms with E-state index in [9.17, 15) is 10.2 Å². The molecule has 4 atom stereocenters. The van der Waals surface area contributed by atoms with Crippen molar-refractivity contribution < 1.29 is 29.9 Å². The summed E-state index contributed by atoms with van der Waals surface area (Å²) in [6.07, 6.45) is 9.80. The van der Waals surface area contributed by atoms with Crippen LogP contribution < -0.4 is 0 Å². The molecule has 2 aromatic carbocycles. The molecule has 0 saturated carbocycles. The van der Waals surface area contributed by atoms with Crippen molar-refractivity contribution >= 4 is 0 Å². The molecule has 2 aliphatic rings. The van der Waals surface area contributed by atoms with E-state index in [1.807, 2.05) is 85.0 Å². The summed E-state index contributed by atoms with van der Waals surface area (Å²) in [6, 6.07) is 19.0. The largest absolute Gasteiger partial charge is 0.394 e. The molecule has 0 spiro atoms. The van der Waals surface area contributed by atoms with Crippen LogP contribution in [-0.2, 0) is 9.47 Å². The molecule has 34 heavy (non-hydrogen) atoms. The number of allylic oxidation sites excluding steroid dienone is 2. The zero-order chi connectivity index (χ0) is 24.3.